The number of anilines is 1. The minimum absolute atomic E-state index is 0.122. The molecule has 1 saturated heterocycles. The molecule has 0 unspecified atom stereocenters. The van der Waals surface area contributed by atoms with Crippen LogP contribution in [0.3, 0.4) is 0 Å². The van der Waals surface area contributed by atoms with Crippen LogP contribution in [0.1, 0.15) is 60.9 Å². The number of fused-ring (bicyclic) bond motifs is 6. The number of non-ortho nitro benzene ring substituents is 1. The molecule has 1 saturated carbocycles. The highest BCUT2D eigenvalue weighted by Crippen LogP contribution is 2.55. The van der Waals surface area contributed by atoms with Gasteiger partial charge in [0.2, 0.25) is 11.8 Å². The summed E-state index contributed by atoms with van der Waals surface area (Å²) in [5.41, 5.74) is 3.25. The number of carbonyl (C=O) groups excluding carboxylic acids is 2. The van der Waals surface area contributed by atoms with Crippen molar-refractivity contribution in [2.45, 2.75) is 50.9 Å². The highest BCUT2D eigenvalue weighted by atomic mass is 16.6. The van der Waals surface area contributed by atoms with Crippen LogP contribution in [-0.2, 0) is 9.59 Å². The molecule has 1 N–H and O–H groups in total. The maximum absolute atomic E-state index is 13.5. The monoisotopic (exact) mass is 393 g/mol. The molecule has 1 aromatic heterocycles. The summed E-state index contributed by atoms with van der Waals surface area (Å²) in [6, 6.07) is 7.83. The normalized spacial score (nSPS) is 28.5. The second kappa shape index (κ2) is 6.54. The molecule has 29 heavy (non-hydrogen) atoms. The number of nitro benzene ring substituents is 1. The molecule has 1 aliphatic heterocycles. The van der Waals surface area contributed by atoms with Crippen LogP contribution in [0.2, 0.25) is 0 Å². The Hall–Kier alpha value is -2.96. The number of nitrogens with one attached hydrogen (secondary N) is 1. The van der Waals surface area contributed by atoms with Gasteiger partial charge < -0.3 is 4.98 Å². The molecule has 2 aliphatic carbocycles. The molecule has 150 valence electrons. The van der Waals surface area contributed by atoms with Gasteiger partial charge >= 0.3 is 0 Å². The molecule has 2 heterocycles. The van der Waals surface area contributed by atoms with Crippen LogP contribution in [0.5, 0.6) is 0 Å². The minimum Gasteiger partial charge on any atom is -0.362 e. The summed E-state index contributed by atoms with van der Waals surface area (Å²) in [7, 11) is 0. The number of hydrogen-bond acceptors (Lipinski definition) is 4. The van der Waals surface area contributed by atoms with Gasteiger partial charge in [-0.1, -0.05) is 25.3 Å². The van der Waals surface area contributed by atoms with E-state index in [1.54, 1.807) is 6.07 Å². The van der Waals surface area contributed by atoms with Crippen LogP contribution >= 0.6 is 0 Å². The van der Waals surface area contributed by atoms with Gasteiger partial charge in [-0.05, 0) is 43.4 Å². The SMILES string of the molecule is Cc1cc2c([nH]1)[C@@H]1CCCCC[C@@H]1[C@@H]1C(=O)N(c3cccc([N+](=O)[O-])c3)C(=O)[C@H]21. The Bertz CT molecular complexity index is 1030. The number of carbonyl (C=O) groups is 2. The number of nitrogens with zero attached hydrogens (tertiary/aromatic N) is 2. The van der Waals surface area contributed by atoms with E-state index in [9.17, 15) is 19.7 Å². The van der Waals surface area contributed by atoms with E-state index in [-0.39, 0.29) is 35.3 Å². The molecular formula is C22H23N3O4. The van der Waals surface area contributed by atoms with Crippen molar-refractivity contribution >= 4 is 23.2 Å². The van der Waals surface area contributed by atoms with Crippen LogP contribution < -0.4 is 4.90 Å². The smallest absolute Gasteiger partial charge is 0.271 e. The van der Waals surface area contributed by atoms with Gasteiger partial charge in [-0.15, -0.1) is 0 Å². The highest BCUT2D eigenvalue weighted by Gasteiger charge is 2.57. The van der Waals surface area contributed by atoms with E-state index in [4.69, 9.17) is 0 Å². The Balaban J connectivity index is 1.63. The van der Waals surface area contributed by atoms with Gasteiger partial charge in [0.25, 0.3) is 5.69 Å². The molecule has 0 spiro atoms. The van der Waals surface area contributed by atoms with Crippen molar-refractivity contribution < 1.29 is 14.5 Å². The van der Waals surface area contributed by atoms with Crippen LogP contribution in [0.25, 0.3) is 0 Å². The summed E-state index contributed by atoms with van der Waals surface area (Å²) in [5, 5.41) is 11.2. The summed E-state index contributed by atoms with van der Waals surface area (Å²) in [6.07, 6.45) is 5.31. The number of benzene rings is 1. The molecule has 2 fully saturated rings. The zero-order chi connectivity index (χ0) is 20.3. The number of aromatic amines is 1. The Morgan fingerprint density at radius 1 is 1.10 bits per heavy atom. The van der Waals surface area contributed by atoms with E-state index in [0.29, 0.717) is 5.69 Å². The van der Waals surface area contributed by atoms with Crippen molar-refractivity contribution in [2.75, 3.05) is 4.90 Å². The van der Waals surface area contributed by atoms with Gasteiger partial charge in [0.1, 0.15) is 0 Å². The minimum atomic E-state index is -0.503. The predicted molar refractivity (Wildman–Crippen MR) is 107 cm³/mol. The van der Waals surface area contributed by atoms with Gasteiger partial charge in [-0.3, -0.25) is 19.7 Å². The largest absolute Gasteiger partial charge is 0.362 e. The van der Waals surface area contributed by atoms with Crippen LogP contribution in [0.15, 0.2) is 30.3 Å². The second-order valence-corrected chi connectivity index (χ2v) is 8.52. The highest BCUT2D eigenvalue weighted by molar-refractivity contribution is 6.24. The average molecular weight is 393 g/mol. The van der Waals surface area contributed by atoms with Gasteiger partial charge in [-0.2, -0.15) is 0 Å². The summed E-state index contributed by atoms with van der Waals surface area (Å²) in [5.74, 6) is -0.948. The number of amides is 2. The number of aryl methyl sites for hydroxylation is 1. The first-order chi connectivity index (χ1) is 14.0. The van der Waals surface area contributed by atoms with E-state index in [1.807, 2.05) is 13.0 Å². The predicted octanol–water partition coefficient (Wildman–Crippen LogP) is 4.18. The van der Waals surface area contributed by atoms with Gasteiger partial charge in [0.15, 0.2) is 0 Å². The standard InChI is InChI=1S/C22H23N3O4/c1-12-10-17-19-18(15-8-3-2-4-9-16(15)20(17)23-12)21(26)24(22(19)27)13-6-5-7-14(11-13)25(28)29/h5-7,10-11,15-16,18-19,23H,2-4,8-9H2,1H3/t15-,16+,18-,19+/m0/s1. The maximum Gasteiger partial charge on any atom is 0.271 e. The zero-order valence-corrected chi connectivity index (χ0v) is 16.3. The van der Waals surface area contributed by atoms with E-state index < -0.39 is 10.8 Å². The first-order valence-corrected chi connectivity index (χ1v) is 10.3. The summed E-state index contributed by atoms with van der Waals surface area (Å²) < 4.78 is 0. The van der Waals surface area contributed by atoms with Crippen molar-refractivity contribution in [1.82, 2.24) is 4.98 Å². The maximum atomic E-state index is 13.5. The molecule has 7 nitrogen and oxygen atoms in total. The van der Waals surface area contributed by atoms with E-state index in [2.05, 4.69) is 4.98 Å². The Morgan fingerprint density at radius 2 is 1.90 bits per heavy atom. The zero-order valence-electron chi connectivity index (χ0n) is 16.3. The van der Waals surface area contributed by atoms with E-state index in [0.717, 1.165) is 49.1 Å². The Morgan fingerprint density at radius 3 is 2.69 bits per heavy atom. The molecule has 0 bridgehead atoms. The third kappa shape index (κ3) is 2.63. The van der Waals surface area contributed by atoms with Crippen molar-refractivity contribution in [3.8, 4) is 0 Å². The molecule has 1 aromatic carbocycles. The van der Waals surface area contributed by atoms with Crippen LogP contribution in [0, 0.1) is 28.9 Å². The van der Waals surface area contributed by atoms with Crippen molar-refractivity contribution in [3.05, 3.63) is 57.4 Å². The molecular weight excluding hydrogens is 370 g/mol. The van der Waals surface area contributed by atoms with Gasteiger partial charge in [0.05, 0.1) is 22.4 Å². The van der Waals surface area contributed by atoms with Gasteiger partial charge in [-0.25, -0.2) is 4.90 Å². The van der Waals surface area contributed by atoms with Gasteiger partial charge in [0, 0.05) is 29.4 Å². The fourth-order valence-corrected chi connectivity index (χ4v) is 5.77. The second-order valence-electron chi connectivity index (χ2n) is 8.52. The average Bonchev–Trinajstić information content (AvgIpc) is 3.07. The fraction of sp³-hybridized carbons (Fsp3) is 0.455. The van der Waals surface area contributed by atoms with Crippen molar-refractivity contribution in [2.24, 2.45) is 11.8 Å². The van der Waals surface area contributed by atoms with E-state index in [1.165, 1.54) is 23.1 Å². The molecule has 3 aliphatic rings. The molecule has 2 aromatic rings. The molecule has 0 radical (unpaired) electrons. The fourth-order valence-electron chi connectivity index (χ4n) is 5.77. The number of rotatable bonds is 2. The van der Waals surface area contributed by atoms with Crippen LogP contribution in [0.4, 0.5) is 11.4 Å². The number of nitro groups is 1. The molecule has 2 amide bonds. The number of aromatic nitrogens is 1. The summed E-state index contributed by atoms with van der Waals surface area (Å²) >= 11 is 0. The first kappa shape index (κ1) is 18.1. The lowest BCUT2D eigenvalue weighted by molar-refractivity contribution is -0.384. The number of imide groups is 1. The third-order valence-corrected chi connectivity index (χ3v) is 6.90. The molecule has 7 heteroatoms. The van der Waals surface area contributed by atoms with E-state index >= 15 is 0 Å². The summed E-state index contributed by atoms with van der Waals surface area (Å²) in [6.45, 7) is 1.98. The number of hydrogen-bond donors (Lipinski definition) is 1. The Kier molecular flexibility index (Phi) is 4.08. The lowest BCUT2D eigenvalue weighted by Gasteiger charge is -2.36. The Labute approximate surface area is 168 Å². The lowest BCUT2D eigenvalue weighted by atomic mass is 9.65. The first-order valence-electron chi connectivity index (χ1n) is 10.3. The summed E-state index contributed by atoms with van der Waals surface area (Å²) in [4.78, 5) is 42.4. The van der Waals surface area contributed by atoms with Crippen LogP contribution in [-0.4, -0.2) is 21.7 Å². The molecule has 5 rings (SSSR count). The van der Waals surface area contributed by atoms with Crippen molar-refractivity contribution in [1.29, 1.82) is 0 Å². The third-order valence-electron chi connectivity index (χ3n) is 6.90. The quantitative estimate of drug-likeness (QED) is 0.470. The molecule has 4 atom stereocenters. The van der Waals surface area contributed by atoms with Crippen molar-refractivity contribution in [3.63, 3.8) is 0 Å². The lowest BCUT2D eigenvalue weighted by Crippen LogP contribution is -2.35. The number of H-pyrrole nitrogens is 1. The topological polar surface area (TPSA) is 96.3 Å².